The van der Waals surface area contributed by atoms with Gasteiger partial charge in [-0.25, -0.2) is 4.79 Å². The number of aliphatic carboxylic acids is 1. The molecule has 2 heterocycles. The third kappa shape index (κ3) is 2.55. The van der Waals surface area contributed by atoms with E-state index >= 15 is 0 Å². The molecule has 0 aliphatic carbocycles. The van der Waals surface area contributed by atoms with Gasteiger partial charge in [0.05, 0.1) is 6.54 Å². The van der Waals surface area contributed by atoms with Gasteiger partial charge < -0.3 is 19.5 Å². The number of aliphatic hydroxyl groups is 1. The highest BCUT2D eigenvalue weighted by Gasteiger charge is 2.42. The average molecular weight is 324 g/mol. The van der Waals surface area contributed by atoms with Crippen molar-refractivity contribution in [3.63, 3.8) is 0 Å². The molecule has 1 amide bonds. The molecular weight excluding hydrogens is 310 g/mol. The van der Waals surface area contributed by atoms with Crippen molar-refractivity contribution in [2.45, 2.75) is 18.4 Å². The van der Waals surface area contributed by atoms with E-state index in [1.54, 1.807) is 24.3 Å². The summed E-state index contributed by atoms with van der Waals surface area (Å²) in [6.07, 6.45) is 0.544. The van der Waals surface area contributed by atoms with Crippen molar-refractivity contribution in [2.75, 3.05) is 13.1 Å². The zero-order valence-electron chi connectivity index (χ0n) is 11.6. The van der Waals surface area contributed by atoms with Crippen LogP contribution in [0.25, 0.3) is 11.0 Å². The molecule has 0 spiro atoms. The number of benzene rings is 1. The van der Waals surface area contributed by atoms with Crippen LogP contribution < -0.4 is 0 Å². The molecule has 7 heteroatoms. The fourth-order valence-electron chi connectivity index (χ4n) is 2.65. The molecule has 1 fully saturated rings. The molecule has 1 atom stereocenters. The number of carbonyl (C=O) groups excluding carboxylic acids is 1. The van der Waals surface area contributed by atoms with Gasteiger partial charge in [0, 0.05) is 23.0 Å². The Kier molecular flexibility index (Phi) is 3.58. The first kappa shape index (κ1) is 14.9. The van der Waals surface area contributed by atoms with Gasteiger partial charge in [-0.15, -0.1) is 0 Å². The number of β-amino-alcohol motifs (C(OH)–C–C–N with tert-alkyl or cyclic N) is 1. The number of carboxylic acids is 1. The summed E-state index contributed by atoms with van der Waals surface area (Å²) in [6.45, 7) is 0.130. The third-order valence-electron chi connectivity index (χ3n) is 3.85. The first-order valence-corrected chi connectivity index (χ1v) is 7.21. The zero-order chi connectivity index (χ0) is 15.9. The van der Waals surface area contributed by atoms with Crippen LogP contribution in [0, 0.1) is 0 Å². The van der Waals surface area contributed by atoms with Crippen LogP contribution in [0.4, 0.5) is 0 Å². The highest BCUT2D eigenvalue weighted by atomic mass is 35.5. The van der Waals surface area contributed by atoms with Gasteiger partial charge in [0.15, 0.2) is 11.4 Å². The molecule has 1 aliphatic heterocycles. The molecule has 0 radical (unpaired) electrons. The largest absolute Gasteiger partial charge is 0.479 e. The summed E-state index contributed by atoms with van der Waals surface area (Å²) in [7, 11) is 0. The van der Waals surface area contributed by atoms with E-state index in [2.05, 4.69) is 0 Å². The third-order valence-corrected chi connectivity index (χ3v) is 4.08. The van der Waals surface area contributed by atoms with Gasteiger partial charge in [-0.3, -0.25) is 4.79 Å². The van der Waals surface area contributed by atoms with Crippen molar-refractivity contribution >= 4 is 34.4 Å². The molecule has 116 valence electrons. The molecule has 22 heavy (non-hydrogen) atoms. The lowest BCUT2D eigenvalue weighted by atomic mass is 9.93. The molecule has 0 bridgehead atoms. The van der Waals surface area contributed by atoms with E-state index in [0.29, 0.717) is 23.6 Å². The predicted octanol–water partition coefficient (Wildman–Crippen LogP) is 2.14. The van der Waals surface area contributed by atoms with Crippen LogP contribution in [0.15, 0.2) is 28.7 Å². The number of piperidine rings is 1. The summed E-state index contributed by atoms with van der Waals surface area (Å²) < 4.78 is 5.49. The molecule has 1 unspecified atom stereocenters. The van der Waals surface area contributed by atoms with Crippen LogP contribution in [0.1, 0.15) is 23.4 Å². The van der Waals surface area contributed by atoms with Gasteiger partial charge >= 0.3 is 5.97 Å². The molecule has 3 rings (SSSR count). The molecule has 1 aliphatic rings. The van der Waals surface area contributed by atoms with Crippen LogP contribution in [0.3, 0.4) is 0 Å². The normalized spacial score (nSPS) is 22.0. The highest BCUT2D eigenvalue weighted by molar-refractivity contribution is 6.31. The first-order chi connectivity index (χ1) is 10.4. The number of hydrogen-bond donors (Lipinski definition) is 2. The number of likely N-dealkylation sites (tertiary alicyclic amines) is 1. The van der Waals surface area contributed by atoms with Gasteiger partial charge in [0.25, 0.3) is 5.91 Å². The molecule has 1 aromatic carbocycles. The number of rotatable bonds is 2. The monoisotopic (exact) mass is 323 g/mol. The summed E-state index contributed by atoms with van der Waals surface area (Å²) in [5.41, 5.74) is -1.41. The zero-order valence-corrected chi connectivity index (χ0v) is 12.3. The van der Waals surface area contributed by atoms with Crippen molar-refractivity contribution in [1.82, 2.24) is 4.90 Å². The lowest BCUT2D eigenvalue weighted by Crippen LogP contribution is -2.54. The number of carboxylic acid groups (broad SMARTS) is 1. The molecule has 2 N–H and O–H groups in total. The second-order valence-corrected chi connectivity index (χ2v) is 5.90. The smallest absolute Gasteiger partial charge is 0.337 e. The number of hydrogen-bond acceptors (Lipinski definition) is 4. The van der Waals surface area contributed by atoms with Crippen LogP contribution in [-0.4, -0.2) is 45.7 Å². The number of halogens is 1. The van der Waals surface area contributed by atoms with E-state index in [1.807, 2.05) is 0 Å². The lowest BCUT2D eigenvalue weighted by molar-refractivity contribution is -0.163. The number of carbonyl (C=O) groups is 2. The number of amides is 1. The molecular formula is C15H14ClNO5. The van der Waals surface area contributed by atoms with Crippen molar-refractivity contribution in [1.29, 1.82) is 0 Å². The Balaban J connectivity index is 1.87. The van der Waals surface area contributed by atoms with Gasteiger partial charge in [-0.2, -0.15) is 0 Å². The maximum absolute atomic E-state index is 12.5. The molecule has 2 aromatic rings. The highest BCUT2D eigenvalue weighted by Crippen LogP contribution is 2.26. The van der Waals surface area contributed by atoms with Crippen molar-refractivity contribution in [3.05, 3.63) is 35.0 Å². The van der Waals surface area contributed by atoms with E-state index in [-0.39, 0.29) is 18.7 Å². The Hall–Kier alpha value is -2.05. The lowest BCUT2D eigenvalue weighted by Gasteiger charge is -2.35. The van der Waals surface area contributed by atoms with E-state index in [9.17, 15) is 14.7 Å². The SMILES string of the molecule is O=C(c1cc2ccc(Cl)cc2o1)N1CCCC(O)(C(=O)O)C1. The fraction of sp³-hybridized carbons (Fsp3) is 0.333. The summed E-state index contributed by atoms with van der Waals surface area (Å²) in [5, 5.41) is 20.4. The molecule has 1 aromatic heterocycles. The molecule has 0 saturated carbocycles. The summed E-state index contributed by atoms with van der Waals surface area (Å²) in [6, 6.07) is 6.62. The second-order valence-electron chi connectivity index (χ2n) is 5.46. The Labute approximate surface area is 130 Å². The summed E-state index contributed by atoms with van der Waals surface area (Å²) in [4.78, 5) is 24.9. The number of nitrogens with zero attached hydrogens (tertiary/aromatic N) is 1. The predicted molar refractivity (Wildman–Crippen MR) is 78.9 cm³/mol. The molecule has 6 nitrogen and oxygen atoms in total. The van der Waals surface area contributed by atoms with E-state index in [0.717, 1.165) is 5.39 Å². The van der Waals surface area contributed by atoms with Crippen molar-refractivity contribution < 1.29 is 24.2 Å². The fourth-order valence-corrected chi connectivity index (χ4v) is 2.81. The summed E-state index contributed by atoms with van der Waals surface area (Å²) >= 11 is 5.87. The van der Waals surface area contributed by atoms with Crippen LogP contribution in [0.5, 0.6) is 0 Å². The Bertz CT molecular complexity index is 755. The number of furan rings is 1. The Morgan fingerprint density at radius 2 is 2.09 bits per heavy atom. The minimum atomic E-state index is -1.90. The van der Waals surface area contributed by atoms with Gasteiger partial charge in [-0.1, -0.05) is 11.6 Å². The van der Waals surface area contributed by atoms with Crippen LogP contribution in [0.2, 0.25) is 5.02 Å². The van der Waals surface area contributed by atoms with Crippen LogP contribution >= 0.6 is 11.6 Å². The van der Waals surface area contributed by atoms with E-state index in [4.69, 9.17) is 21.1 Å². The molecule has 1 saturated heterocycles. The topological polar surface area (TPSA) is 91.0 Å². The van der Waals surface area contributed by atoms with Gasteiger partial charge in [0.2, 0.25) is 0 Å². The maximum Gasteiger partial charge on any atom is 0.337 e. The average Bonchev–Trinajstić information content (AvgIpc) is 2.89. The quantitative estimate of drug-likeness (QED) is 0.883. The maximum atomic E-state index is 12.5. The minimum Gasteiger partial charge on any atom is -0.479 e. The van der Waals surface area contributed by atoms with Crippen LogP contribution in [-0.2, 0) is 4.79 Å². The first-order valence-electron chi connectivity index (χ1n) is 6.83. The standard InChI is InChI=1S/C15H14ClNO5/c16-10-3-2-9-6-12(22-11(9)7-10)13(18)17-5-1-4-15(21,8-17)14(19)20/h2-3,6-7,21H,1,4-5,8H2,(H,19,20). The Morgan fingerprint density at radius 1 is 1.32 bits per heavy atom. The Morgan fingerprint density at radius 3 is 2.82 bits per heavy atom. The minimum absolute atomic E-state index is 0.104. The summed E-state index contributed by atoms with van der Waals surface area (Å²) in [5.74, 6) is -1.65. The van der Waals surface area contributed by atoms with E-state index < -0.39 is 17.5 Å². The number of fused-ring (bicyclic) bond motifs is 1. The van der Waals surface area contributed by atoms with Crippen molar-refractivity contribution in [2.24, 2.45) is 0 Å². The second kappa shape index (κ2) is 5.30. The van der Waals surface area contributed by atoms with E-state index in [1.165, 1.54) is 4.90 Å². The van der Waals surface area contributed by atoms with Gasteiger partial charge in [0.1, 0.15) is 5.58 Å². The van der Waals surface area contributed by atoms with Gasteiger partial charge in [-0.05, 0) is 31.0 Å². The van der Waals surface area contributed by atoms with Crippen molar-refractivity contribution in [3.8, 4) is 0 Å².